The molecule has 0 spiro atoms. The number of hydrogen-bond acceptors (Lipinski definition) is 6. The number of H-pyrrole nitrogens is 1. The minimum absolute atomic E-state index is 0.00643. The number of nitrogens with one attached hydrogen (secondary N) is 1. The maximum Gasteiger partial charge on any atom is 0.328 e. The van der Waals surface area contributed by atoms with Gasteiger partial charge in [0.2, 0.25) is 0 Å². The van der Waals surface area contributed by atoms with Gasteiger partial charge in [-0.3, -0.25) is 14.3 Å². The van der Waals surface area contributed by atoms with Crippen LogP contribution in [0.5, 0.6) is 0 Å². The van der Waals surface area contributed by atoms with Crippen LogP contribution in [0.3, 0.4) is 0 Å². The van der Waals surface area contributed by atoms with Gasteiger partial charge in [0.05, 0.1) is 12.6 Å². The number of tetrazole rings is 1. The molecule has 0 radical (unpaired) electrons. The van der Waals surface area contributed by atoms with Crippen LogP contribution in [0.25, 0.3) is 0 Å². The minimum atomic E-state index is -0.547. The van der Waals surface area contributed by atoms with Crippen molar-refractivity contribution in [2.45, 2.75) is 13.1 Å². The summed E-state index contributed by atoms with van der Waals surface area (Å²) in [5.41, 5.74) is -1.01. The molecule has 86 valence electrons. The van der Waals surface area contributed by atoms with Crippen LogP contribution in [0.15, 0.2) is 21.9 Å². The van der Waals surface area contributed by atoms with Gasteiger partial charge in [-0.1, -0.05) is 0 Å². The Morgan fingerprint density at radius 1 is 1.47 bits per heavy atom. The molecular weight excluding hydrogens is 226 g/mol. The van der Waals surface area contributed by atoms with Gasteiger partial charge >= 0.3 is 5.69 Å². The van der Waals surface area contributed by atoms with Gasteiger partial charge in [-0.05, 0) is 5.21 Å². The average Bonchev–Trinajstić information content (AvgIpc) is 2.71. The van der Waals surface area contributed by atoms with Crippen LogP contribution >= 0.6 is 0 Å². The Kier molecular flexibility index (Phi) is 2.78. The van der Waals surface area contributed by atoms with Crippen molar-refractivity contribution in [1.29, 1.82) is 5.26 Å². The Labute approximate surface area is 93.9 Å². The molecule has 0 saturated heterocycles. The summed E-state index contributed by atoms with van der Waals surface area (Å²) in [6, 6.07) is 3.09. The topological polar surface area (TPSA) is 122 Å². The molecular formula is C8H7N7O2. The first-order valence-electron chi connectivity index (χ1n) is 4.62. The molecule has 17 heavy (non-hydrogen) atoms. The van der Waals surface area contributed by atoms with Gasteiger partial charge in [0.15, 0.2) is 5.82 Å². The second-order valence-electron chi connectivity index (χ2n) is 3.13. The largest absolute Gasteiger partial charge is 0.328 e. The van der Waals surface area contributed by atoms with Crippen molar-refractivity contribution in [3.8, 4) is 6.07 Å². The van der Waals surface area contributed by atoms with Crippen molar-refractivity contribution in [3.05, 3.63) is 38.9 Å². The van der Waals surface area contributed by atoms with Gasteiger partial charge < -0.3 is 0 Å². The molecule has 2 heterocycles. The summed E-state index contributed by atoms with van der Waals surface area (Å²) in [5.74, 6) is 0.286. The van der Waals surface area contributed by atoms with Crippen LogP contribution in [0, 0.1) is 11.3 Å². The maximum absolute atomic E-state index is 11.3. The van der Waals surface area contributed by atoms with Gasteiger partial charge in [0.1, 0.15) is 6.54 Å². The molecule has 0 atom stereocenters. The zero-order valence-electron chi connectivity index (χ0n) is 8.57. The van der Waals surface area contributed by atoms with Crippen LogP contribution in [0.2, 0.25) is 0 Å². The molecule has 0 aromatic carbocycles. The van der Waals surface area contributed by atoms with E-state index >= 15 is 0 Å². The zero-order valence-corrected chi connectivity index (χ0v) is 8.57. The monoisotopic (exact) mass is 233 g/mol. The predicted octanol–water partition coefficient (Wildman–Crippen LogP) is -1.91. The van der Waals surface area contributed by atoms with E-state index in [-0.39, 0.29) is 18.9 Å². The van der Waals surface area contributed by atoms with Gasteiger partial charge in [0, 0.05) is 12.3 Å². The van der Waals surface area contributed by atoms with Crippen molar-refractivity contribution in [1.82, 2.24) is 29.8 Å². The highest BCUT2D eigenvalue weighted by molar-refractivity contribution is 4.87. The number of nitrogens with zero attached hydrogens (tertiary/aromatic N) is 6. The Morgan fingerprint density at radius 3 is 3.00 bits per heavy atom. The minimum Gasteiger partial charge on any atom is -0.293 e. The van der Waals surface area contributed by atoms with Gasteiger partial charge in [-0.25, -0.2) is 4.79 Å². The lowest BCUT2D eigenvalue weighted by molar-refractivity contribution is 0.583. The fourth-order valence-electron chi connectivity index (χ4n) is 1.19. The lowest BCUT2D eigenvalue weighted by atomic mass is 10.5. The Balaban J connectivity index is 2.23. The van der Waals surface area contributed by atoms with E-state index < -0.39 is 11.2 Å². The van der Waals surface area contributed by atoms with E-state index in [1.165, 1.54) is 16.8 Å². The SMILES string of the molecule is N#CCn1nnc(Cn2ccc(=O)[nH]c2=O)n1. The first-order chi connectivity index (χ1) is 8.19. The molecule has 0 saturated carbocycles. The number of hydrogen-bond donors (Lipinski definition) is 1. The molecule has 0 fully saturated rings. The van der Waals surface area contributed by atoms with Crippen LogP contribution < -0.4 is 11.2 Å². The molecule has 0 amide bonds. The lowest BCUT2D eigenvalue weighted by Crippen LogP contribution is -2.29. The van der Waals surface area contributed by atoms with Crippen molar-refractivity contribution < 1.29 is 0 Å². The van der Waals surface area contributed by atoms with E-state index in [0.29, 0.717) is 0 Å². The first kappa shape index (κ1) is 10.7. The molecule has 2 rings (SSSR count). The highest BCUT2D eigenvalue weighted by atomic mass is 16.2. The quantitative estimate of drug-likeness (QED) is 0.660. The van der Waals surface area contributed by atoms with Crippen LogP contribution in [-0.2, 0) is 13.1 Å². The average molecular weight is 233 g/mol. The Hall–Kier alpha value is -2.76. The van der Waals surface area contributed by atoms with Crippen LogP contribution in [0.1, 0.15) is 5.82 Å². The molecule has 2 aromatic rings. The highest BCUT2D eigenvalue weighted by Crippen LogP contribution is 1.89. The predicted molar refractivity (Wildman–Crippen MR) is 53.9 cm³/mol. The van der Waals surface area contributed by atoms with Crippen molar-refractivity contribution in [3.63, 3.8) is 0 Å². The molecule has 0 aliphatic heterocycles. The maximum atomic E-state index is 11.3. The Morgan fingerprint density at radius 2 is 2.29 bits per heavy atom. The summed E-state index contributed by atoms with van der Waals surface area (Å²) in [7, 11) is 0. The van der Waals surface area contributed by atoms with Gasteiger partial charge in [-0.15, -0.1) is 15.0 Å². The molecule has 9 nitrogen and oxygen atoms in total. The third-order valence-electron chi connectivity index (χ3n) is 1.92. The summed E-state index contributed by atoms with van der Waals surface area (Å²) in [5, 5.41) is 19.6. The fourth-order valence-corrected chi connectivity index (χ4v) is 1.19. The second-order valence-corrected chi connectivity index (χ2v) is 3.13. The molecule has 2 aromatic heterocycles. The first-order valence-corrected chi connectivity index (χ1v) is 4.62. The van der Waals surface area contributed by atoms with E-state index in [9.17, 15) is 9.59 Å². The molecule has 0 aliphatic carbocycles. The molecule has 0 unspecified atom stereocenters. The standard InChI is InChI=1S/C8H7N7O2/c9-2-4-15-12-6(11-13-15)5-14-3-1-7(16)10-8(14)17/h1,3H,4-5H2,(H,10,16,17). The zero-order chi connectivity index (χ0) is 12.3. The number of nitriles is 1. The fraction of sp³-hybridized carbons (Fsp3) is 0.250. The highest BCUT2D eigenvalue weighted by Gasteiger charge is 2.04. The summed E-state index contributed by atoms with van der Waals surface area (Å²) < 4.78 is 1.23. The summed E-state index contributed by atoms with van der Waals surface area (Å²) in [6.07, 6.45) is 1.34. The summed E-state index contributed by atoms with van der Waals surface area (Å²) >= 11 is 0. The van der Waals surface area contributed by atoms with Crippen molar-refractivity contribution in [2.75, 3.05) is 0 Å². The number of aromatic amines is 1. The van der Waals surface area contributed by atoms with Gasteiger partial charge in [0.25, 0.3) is 5.56 Å². The van der Waals surface area contributed by atoms with E-state index in [1.54, 1.807) is 0 Å². The van der Waals surface area contributed by atoms with Crippen molar-refractivity contribution >= 4 is 0 Å². The summed E-state index contributed by atoms with van der Waals surface area (Å²) in [4.78, 5) is 25.4. The molecule has 1 N–H and O–H groups in total. The third kappa shape index (κ3) is 2.43. The number of rotatable bonds is 3. The molecule has 9 heteroatoms. The van der Waals surface area contributed by atoms with Crippen LogP contribution in [0.4, 0.5) is 0 Å². The van der Waals surface area contributed by atoms with Gasteiger partial charge in [-0.2, -0.15) is 5.26 Å². The van der Waals surface area contributed by atoms with E-state index in [0.717, 1.165) is 4.80 Å². The normalized spacial score (nSPS) is 10.1. The van der Waals surface area contributed by atoms with E-state index in [2.05, 4.69) is 20.4 Å². The third-order valence-corrected chi connectivity index (χ3v) is 1.92. The van der Waals surface area contributed by atoms with E-state index in [4.69, 9.17) is 5.26 Å². The van der Waals surface area contributed by atoms with E-state index in [1.807, 2.05) is 6.07 Å². The second kappa shape index (κ2) is 4.40. The Bertz CT molecular complexity index is 674. The smallest absolute Gasteiger partial charge is 0.293 e. The van der Waals surface area contributed by atoms with Crippen molar-refractivity contribution in [2.24, 2.45) is 0 Å². The molecule has 0 bridgehead atoms. The number of aromatic nitrogens is 6. The van der Waals surface area contributed by atoms with Crippen LogP contribution in [-0.4, -0.2) is 29.8 Å². The summed E-state index contributed by atoms with van der Waals surface area (Å²) in [6.45, 7) is 0.0779. The molecule has 0 aliphatic rings. The lowest BCUT2D eigenvalue weighted by Gasteiger charge is -1.98.